The van der Waals surface area contributed by atoms with E-state index in [9.17, 15) is 0 Å². The van der Waals surface area contributed by atoms with Crippen LogP contribution in [0.15, 0.2) is 24.3 Å². The van der Waals surface area contributed by atoms with Crippen LogP contribution in [0, 0.1) is 20.8 Å². The topological polar surface area (TPSA) is 22.1 Å². The molecule has 0 saturated carbocycles. The molecule has 0 atom stereocenters. The number of nitrogens with zero attached hydrogens (tertiary/aromatic N) is 1. The summed E-state index contributed by atoms with van der Waals surface area (Å²) in [7, 11) is 0. The molecule has 0 amide bonds. The van der Waals surface area contributed by atoms with Gasteiger partial charge >= 0.3 is 0 Å². The summed E-state index contributed by atoms with van der Waals surface area (Å²) >= 11 is 12.0. The number of pyridine rings is 1. The van der Waals surface area contributed by atoms with Crippen molar-refractivity contribution in [2.24, 2.45) is 0 Å². The molecule has 2 aromatic rings. The zero-order valence-electron chi connectivity index (χ0n) is 11.1. The van der Waals surface area contributed by atoms with Gasteiger partial charge in [0.25, 0.3) is 0 Å². The Kier molecular flexibility index (Phi) is 4.33. The zero-order chi connectivity index (χ0) is 14.0. The number of hydrogen-bond acceptors (Lipinski definition) is 2. The molecule has 100 valence electrons. The molecule has 0 N–H and O–H groups in total. The molecule has 2 rings (SSSR count). The summed E-state index contributed by atoms with van der Waals surface area (Å²) in [5, 5.41) is 0.721. The molecule has 0 fully saturated rings. The van der Waals surface area contributed by atoms with Crippen LogP contribution in [-0.2, 0) is 5.88 Å². The van der Waals surface area contributed by atoms with E-state index in [1.807, 2.05) is 45.0 Å². The quantitative estimate of drug-likeness (QED) is 0.727. The molecule has 1 heterocycles. The van der Waals surface area contributed by atoms with Gasteiger partial charge in [0, 0.05) is 16.3 Å². The Bertz CT molecular complexity index is 611. The van der Waals surface area contributed by atoms with Crippen LogP contribution in [0.5, 0.6) is 11.6 Å². The maximum absolute atomic E-state index is 6.00. The molecule has 0 saturated heterocycles. The number of hydrogen-bond donors (Lipinski definition) is 0. The van der Waals surface area contributed by atoms with Gasteiger partial charge in [-0.3, -0.25) is 0 Å². The van der Waals surface area contributed by atoms with Crippen LogP contribution in [0.2, 0.25) is 5.02 Å². The van der Waals surface area contributed by atoms with E-state index in [2.05, 4.69) is 4.98 Å². The van der Waals surface area contributed by atoms with Gasteiger partial charge in [-0.05, 0) is 56.2 Å². The van der Waals surface area contributed by atoms with Crippen molar-refractivity contribution in [3.8, 4) is 11.6 Å². The molecule has 0 aliphatic heterocycles. The second-order valence-electron chi connectivity index (χ2n) is 4.51. The molecule has 4 heteroatoms. The highest BCUT2D eigenvalue weighted by atomic mass is 35.5. The van der Waals surface area contributed by atoms with Crippen LogP contribution < -0.4 is 4.74 Å². The molecular formula is C15H15Cl2NO. The maximum atomic E-state index is 6.00. The Morgan fingerprint density at radius 2 is 1.84 bits per heavy atom. The summed E-state index contributed by atoms with van der Waals surface area (Å²) in [6.45, 7) is 5.88. The number of rotatable bonds is 3. The number of aryl methyl sites for hydroxylation is 3. The molecular weight excluding hydrogens is 281 g/mol. The molecule has 2 nitrogen and oxygen atoms in total. The fraction of sp³-hybridized carbons (Fsp3) is 0.267. The van der Waals surface area contributed by atoms with Crippen LogP contribution in [0.1, 0.15) is 22.4 Å². The first-order chi connectivity index (χ1) is 9.01. The molecule has 0 spiro atoms. The van der Waals surface area contributed by atoms with Crippen LogP contribution in [-0.4, -0.2) is 4.98 Å². The van der Waals surface area contributed by atoms with Gasteiger partial charge < -0.3 is 4.74 Å². The molecule has 0 aliphatic carbocycles. The average Bonchev–Trinajstić information content (AvgIpc) is 2.33. The monoisotopic (exact) mass is 295 g/mol. The minimum absolute atomic E-state index is 0.376. The summed E-state index contributed by atoms with van der Waals surface area (Å²) in [6.07, 6.45) is 0. The second-order valence-corrected chi connectivity index (χ2v) is 5.19. The summed E-state index contributed by atoms with van der Waals surface area (Å²) < 4.78 is 5.84. The standard InChI is InChI=1S/C15H15Cl2NO/c1-9-6-11(3)18-15(13(9)8-16)19-12-4-5-14(17)10(2)7-12/h4-7H,8H2,1-3H3. The van der Waals surface area contributed by atoms with Gasteiger partial charge in [0.05, 0.1) is 5.88 Å². The molecule has 1 aromatic heterocycles. The first-order valence-corrected chi connectivity index (χ1v) is 6.89. The highest BCUT2D eigenvalue weighted by Gasteiger charge is 2.10. The van der Waals surface area contributed by atoms with Crippen molar-refractivity contribution in [2.75, 3.05) is 0 Å². The third-order valence-corrected chi connectivity index (χ3v) is 3.61. The lowest BCUT2D eigenvalue weighted by Gasteiger charge is -2.12. The number of ether oxygens (including phenoxy) is 1. The van der Waals surface area contributed by atoms with E-state index in [1.165, 1.54) is 0 Å². The van der Waals surface area contributed by atoms with Gasteiger partial charge in [0.1, 0.15) is 5.75 Å². The smallest absolute Gasteiger partial charge is 0.224 e. The maximum Gasteiger partial charge on any atom is 0.224 e. The SMILES string of the molecule is Cc1cc(C)c(CCl)c(Oc2ccc(Cl)c(C)c2)n1. The van der Waals surface area contributed by atoms with Crippen molar-refractivity contribution in [3.63, 3.8) is 0 Å². The Balaban J connectivity index is 2.39. The van der Waals surface area contributed by atoms with E-state index in [4.69, 9.17) is 27.9 Å². The summed E-state index contributed by atoms with van der Waals surface area (Å²) in [4.78, 5) is 4.41. The van der Waals surface area contributed by atoms with E-state index >= 15 is 0 Å². The van der Waals surface area contributed by atoms with E-state index in [1.54, 1.807) is 0 Å². The van der Waals surface area contributed by atoms with Gasteiger partial charge in [-0.25, -0.2) is 4.98 Å². The van der Waals surface area contributed by atoms with Gasteiger partial charge in [0.2, 0.25) is 5.88 Å². The van der Waals surface area contributed by atoms with Crippen molar-refractivity contribution in [3.05, 3.63) is 51.7 Å². The Hall–Kier alpha value is -1.25. The summed E-state index contributed by atoms with van der Waals surface area (Å²) in [5.74, 6) is 1.65. The lowest BCUT2D eigenvalue weighted by molar-refractivity contribution is 0.456. The number of benzene rings is 1. The first kappa shape index (κ1) is 14.2. The summed E-state index contributed by atoms with van der Waals surface area (Å²) in [6, 6.07) is 7.53. The predicted octanol–water partition coefficient (Wildman–Crippen LogP) is 5.19. The van der Waals surface area contributed by atoms with Gasteiger partial charge in [-0.2, -0.15) is 0 Å². The lowest BCUT2D eigenvalue weighted by Crippen LogP contribution is -1.98. The van der Waals surface area contributed by atoms with E-state index in [0.717, 1.165) is 27.4 Å². The largest absolute Gasteiger partial charge is 0.439 e. The van der Waals surface area contributed by atoms with E-state index in [0.29, 0.717) is 17.5 Å². The highest BCUT2D eigenvalue weighted by Crippen LogP contribution is 2.29. The van der Waals surface area contributed by atoms with Crippen molar-refractivity contribution >= 4 is 23.2 Å². The second kappa shape index (κ2) is 5.81. The van der Waals surface area contributed by atoms with Crippen molar-refractivity contribution in [1.82, 2.24) is 4.98 Å². The Morgan fingerprint density at radius 1 is 1.11 bits per heavy atom. The number of halogens is 2. The Morgan fingerprint density at radius 3 is 2.47 bits per heavy atom. The van der Waals surface area contributed by atoms with Crippen LogP contribution >= 0.6 is 23.2 Å². The van der Waals surface area contributed by atoms with Crippen LogP contribution in [0.4, 0.5) is 0 Å². The molecule has 19 heavy (non-hydrogen) atoms. The Labute approximate surface area is 123 Å². The summed E-state index contributed by atoms with van der Waals surface area (Å²) in [5.41, 5.74) is 3.88. The van der Waals surface area contributed by atoms with E-state index in [-0.39, 0.29) is 0 Å². The fourth-order valence-corrected chi connectivity index (χ4v) is 2.31. The lowest BCUT2D eigenvalue weighted by atomic mass is 10.1. The third-order valence-electron chi connectivity index (χ3n) is 2.92. The predicted molar refractivity (Wildman–Crippen MR) is 79.5 cm³/mol. The molecule has 1 aromatic carbocycles. The first-order valence-electron chi connectivity index (χ1n) is 5.98. The highest BCUT2D eigenvalue weighted by molar-refractivity contribution is 6.31. The van der Waals surface area contributed by atoms with Gasteiger partial charge in [0.15, 0.2) is 0 Å². The minimum Gasteiger partial charge on any atom is -0.439 e. The minimum atomic E-state index is 0.376. The molecule has 0 bridgehead atoms. The van der Waals surface area contributed by atoms with Crippen molar-refractivity contribution in [2.45, 2.75) is 26.7 Å². The zero-order valence-corrected chi connectivity index (χ0v) is 12.6. The van der Waals surface area contributed by atoms with Gasteiger partial charge in [-0.1, -0.05) is 11.6 Å². The fourth-order valence-electron chi connectivity index (χ4n) is 1.87. The van der Waals surface area contributed by atoms with Crippen molar-refractivity contribution < 1.29 is 4.74 Å². The third kappa shape index (κ3) is 3.20. The molecule has 0 radical (unpaired) electrons. The van der Waals surface area contributed by atoms with Crippen LogP contribution in [0.3, 0.4) is 0 Å². The van der Waals surface area contributed by atoms with Crippen molar-refractivity contribution in [1.29, 1.82) is 0 Å². The normalized spacial score (nSPS) is 10.6. The molecule has 0 unspecified atom stereocenters. The number of aromatic nitrogens is 1. The van der Waals surface area contributed by atoms with Gasteiger partial charge in [-0.15, -0.1) is 11.6 Å². The number of alkyl halides is 1. The van der Waals surface area contributed by atoms with Crippen LogP contribution in [0.25, 0.3) is 0 Å². The molecule has 0 aliphatic rings. The average molecular weight is 296 g/mol. The van der Waals surface area contributed by atoms with E-state index < -0.39 is 0 Å².